The van der Waals surface area contributed by atoms with Gasteiger partial charge in [-0.3, -0.25) is 9.69 Å². The average Bonchev–Trinajstić information content (AvgIpc) is 3.73. The number of benzene rings is 1. The monoisotopic (exact) mass is 515 g/mol. The van der Waals surface area contributed by atoms with Gasteiger partial charge in [-0.15, -0.1) is 0 Å². The van der Waals surface area contributed by atoms with Crippen molar-refractivity contribution in [3.63, 3.8) is 0 Å². The molecule has 0 unspecified atom stereocenters. The van der Waals surface area contributed by atoms with Crippen molar-refractivity contribution in [3.05, 3.63) is 71.8 Å². The van der Waals surface area contributed by atoms with Gasteiger partial charge in [0, 0.05) is 56.0 Å². The highest BCUT2D eigenvalue weighted by atomic mass is 16.2. The largest absolute Gasteiger partial charge is 0.348 e. The highest BCUT2D eigenvalue weighted by Gasteiger charge is 2.43. The fraction of sp³-hybridized carbons (Fsp3) is 0.567. The highest BCUT2D eigenvalue weighted by Crippen LogP contribution is 2.42. The highest BCUT2D eigenvalue weighted by molar-refractivity contribution is 5.94. The van der Waals surface area contributed by atoms with Crippen LogP contribution in [0.4, 0.5) is 0 Å². The van der Waals surface area contributed by atoms with Gasteiger partial charge < -0.3 is 19.8 Å². The van der Waals surface area contributed by atoms with Crippen molar-refractivity contribution in [3.8, 4) is 0 Å². The fourth-order valence-corrected chi connectivity index (χ4v) is 6.93. The molecule has 2 aliphatic heterocycles. The first-order valence-corrected chi connectivity index (χ1v) is 14.5. The SMILES string of the molecule is O=C(c1cccc(CN(Cc2ncc[nH]2)Cc2ncc[nH]2)c1)N1CCC2(CCN(C3CCCCC3)CC2)C1. The van der Waals surface area contributed by atoms with Gasteiger partial charge in [0.05, 0.1) is 13.1 Å². The second-order valence-electron chi connectivity index (χ2n) is 11.7. The third-order valence-electron chi connectivity index (χ3n) is 9.11. The molecule has 6 rings (SSSR count). The van der Waals surface area contributed by atoms with Crippen LogP contribution >= 0.6 is 0 Å². The van der Waals surface area contributed by atoms with Crippen LogP contribution in [0.3, 0.4) is 0 Å². The van der Waals surface area contributed by atoms with Crippen molar-refractivity contribution < 1.29 is 4.79 Å². The molecule has 1 aromatic carbocycles. The minimum Gasteiger partial charge on any atom is -0.348 e. The Morgan fingerprint density at radius 3 is 2.26 bits per heavy atom. The van der Waals surface area contributed by atoms with Gasteiger partial charge in [-0.05, 0) is 68.3 Å². The number of imidazole rings is 2. The molecule has 3 aliphatic rings. The zero-order valence-corrected chi connectivity index (χ0v) is 22.4. The molecule has 2 saturated heterocycles. The summed E-state index contributed by atoms with van der Waals surface area (Å²) in [6.07, 6.45) is 17.9. The molecule has 8 heteroatoms. The van der Waals surface area contributed by atoms with E-state index >= 15 is 0 Å². The van der Waals surface area contributed by atoms with Crippen LogP contribution in [0.15, 0.2) is 49.1 Å². The van der Waals surface area contributed by atoms with Crippen LogP contribution in [0, 0.1) is 5.41 Å². The third kappa shape index (κ3) is 5.86. The predicted molar refractivity (Wildman–Crippen MR) is 147 cm³/mol. The van der Waals surface area contributed by atoms with Crippen LogP contribution in [-0.4, -0.2) is 72.8 Å². The Balaban J connectivity index is 1.08. The van der Waals surface area contributed by atoms with Gasteiger partial charge in [0.1, 0.15) is 11.6 Å². The zero-order valence-electron chi connectivity index (χ0n) is 22.4. The molecule has 1 saturated carbocycles. The number of nitrogens with zero attached hydrogens (tertiary/aromatic N) is 5. The Morgan fingerprint density at radius 2 is 1.61 bits per heavy atom. The summed E-state index contributed by atoms with van der Waals surface area (Å²) in [7, 11) is 0. The van der Waals surface area contributed by atoms with Crippen molar-refractivity contribution in [2.24, 2.45) is 5.41 Å². The lowest BCUT2D eigenvalue weighted by molar-refractivity contribution is 0.0565. The molecule has 2 N–H and O–H groups in total. The van der Waals surface area contributed by atoms with E-state index < -0.39 is 0 Å². The van der Waals surface area contributed by atoms with Gasteiger partial charge in [0.2, 0.25) is 0 Å². The molecule has 38 heavy (non-hydrogen) atoms. The normalized spacial score (nSPS) is 20.5. The molecule has 202 valence electrons. The Hall–Kier alpha value is -2.97. The van der Waals surface area contributed by atoms with Gasteiger partial charge in [-0.1, -0.05) is 31.4 Å². The number of hydrogen-bond donors (Lipinski definition) is 2. The second-order valence-corrected chi connectivity index (χ2v) is 11.7. The number of nitrogens with one attached hydrogen (secondary N) is 2. The van der Waals surface area contributed by atoms with Crippen LogP contribution in [0.1, 0.15) is 78.9 Å². The van der Waals surface area contributed by atoms with E-state index in [1.165, 1.54) is 58.0 Å². The van der Waals surface area contributed by atoms with Crippen LogP contribution < -0.4 is 0 Å². The number of carbonyl (C=O) groups excluding carboxylic acids is 1. The number of H-pyrrole nitrogens is 2. The second kappa shape index (κ2) is 11.4. The van der Waals surface area contributed by atoms with E-state index in [9.17, 15) is 4.79 Å². The zero-order chi connectivity index (χ0) is 25.8. The number of hydrogen-bond acceptors (Lipinski definition) is 5. The third-order valence-corrected chi connectivity index (χ3v) is 9.11. The van der Waals surface area contributed by atoms with Crippen molar-refractivity contribution in [1.29, 1.82) is 0 Å². The lowest BCUT2D eigenvalue weighted by Crippen LogP contribution is -2.47. The van der Waals surface area contributed by atoms with Crippen molar-refractivity contribution in [2.45, 2.75) is 77.0 Å². The predicted octanol–water partition coefficient (Wildman–Crippen LogP) is 4.60. The smallest absolute Gasteiger partial charge is 0.253 e. The lowest BCUT2D eigenvalue weighted by Gasteiger charge is -2.43. The van der Waals surface area contributed by atoms with E-state index in [1.54, 1.807) is 12.4 Å². The first-order valence-electron chi connectivity index (χ1n) is 14.5. The summed E-state index contributed by atoms with van der Waals surface area (Å²) < 4.78 is 0. The van der Waals surface area contributed by atoms with E-state index in [0.717, 1.165) is 48.3 Å². The van der Waals surface area contributed by atoms with Crippen molar-refractivity contribution in [1.82, 2.24) is 34.6 Å². The molecular weight excluding hydrogens is 474 g/mol. The van der Waals surface area contributed by atoms with Crippen LogP contribution in [0.25, 0.3) is 0 Å². The molecule has 0 radical (unpaired) electrons. The van der Waals surface area contributed by atoms with Crippen LogP contribution in [0.5, 0.6) is 0 Å². The van der Waals surface area contributed by atoms with E-state index in [4.69, 9.17) is 0 Å². The summed E-state index contributed by atoms with van der Waals surface area (Å²) in [4.78, 5) is 36.0. The summed E-state index contributed by atoms with van der Waals surface area (Å²) >= 11 is 0. The number of rotatable bonds is 8. The molecule has 0 atom stereocenters. The summed E-state index contributed by atoms with van der Waals surface area (Å²) in [5.74, 6) is 2.02. The van der Waals surface area contributed by atoms with Crippen molar-refractivity contribution >= 4 is 5.91 Å². The number of amides is 1. The van der Waals surface area contributed by atoms with Gasteiger partial charge >= 0.3 is 0 Å². The molecule has 8 nitrogen and oxygen atoms in total. The Bertz CT molecular complexity index is 1120. The minimum absolute atomic E-state index is 0.182. The van der Waals surface area contributed by atoms with E-state index in [1.807, 2.05) is 24.5 Å². The van der Waals surface area contributed by atoms with Gasteiger partial charge in [0.15, 0.2) is 0 Å². The van der Waals surface area contributed by atoms with Crippen LogP contribution in [0.2, 0.25) is 0 Å². The van der Waals surface area contributed by atoms with E-state index in [0.29, 0.717) is 25.0 Å². The molecular formula is C30H41N7O. The summed E-state index contributed by atoms with van der Waals surface area (Å²) in [5, 5.41) is 0. The van der Waals surface area contributed by atoms with Gasteiger partial charge in [-0.2, -0.15) is 0 Å². The molecule has 1 amide bonds. The molecule has 3 fully saturated rings. The number of piperidine rings is 1. The number of carbonyl (C=O) groups is 1. The molecule has 4 heterocycles. The molecule has 1 aliphatic carbocycles. The molecule has 1 spiro atoms. The Morgan fingerprint density at radius 1 is 0.921 bits per heavy atom. The lowest BCUT2D eigenvalue weighted by atomic mass is 9.77. The summed E-state index contributed by atoms with van der Waals surface area (Å²) in [5.41, 5.74) is 2.25. The van der Waals surface area contributed by atoms with Crippen molar-refractivity contribution in [2.75, 3.05) is 26.2 Å². The Kier molecular flexibility index (Phi) is 7.60. The maximum absolute atomic E-state index is 13.6. The summed E-state index contributed by atoms with van der Waals surface area (Å²) in [6.45, 7) is 6.29. The quantitative estimate of drug-likeness (QED) is 0.458. The topological polar surface area (TPSA) is 84.1 Å². The average molecular weight is 516 g/mol. The number of aromatic nitrogens is 4. The minimum atomic E-state index is 0.182. The van der Waals surface area contributed by atoms with Gasteiger partial charge in [-0.25, -0.2) is 9.97 Å². The molecule has 2 aromatic heterocycles. The van der Waals surface area contributed by atoms with Gasteiger partial charge in [0.25, 0.3) is 5.91 Å². The molecule has 0 bridgehead atoms. The first kappa shape index (κ1) is 25.3. The standard InChI is InChI=1S/C30H41N7O/c38-29(37-18-11-30(23-37)9-16-36(17-10-30)26-7-2-1-3-8-26)25-6-4-5-24(19-25)20-35(21-27-31-12-13-32-27)22-28-33-14-15-34-28/h4-6,12-15,19,26H,1-3,7-11,16-18,20-23H2,(H,31,32)(H,33,34). The first-order chi connectivity index (χ1) is 18.7. The molecule has 3 aromatic rings. The Labute approximate surface area is 225 Å². The maximum Gasteiger partial charge on any atom is 0.253 e. The van der Waals surface area contributed by atoms with Crippen LogP contribution in [-0.2, 0) is 19.6 Å². The maximum atomic E-state index is 13.6. The fourth-order valence-electron chi connectivity index (χ4n) is 6.93. The number of likely N-dealkylation sites (tertiary alicyclic amines) is 2. The number of aromatic amines is 2. The van der Waals surface area contributed by atoms with E-state index in [2.05, 4.69) is 46.8 Å². The van der Waals surface area contributed by atoms with E-state index in [-0.39, 0.29) is 5.91 Å². The summed E-state index contributed by atoms with van der Waals surface area (Å²) in [6, 6.07) is 9.00.